The van der Waals surface area contributed by atoms with Gasteiger partial charge in [-0.3, -0.25) is 14.4 Å². The van der Waals surface area contributed by atoms with Gasteiger partial charge in [0, 0.05) is 19.3 Å². The molecule has 402 valence electrons. The van der Waals surface area contributed by atoms with Crippen LogP contribution in [0.2, 0.25) is 0 Å². The molecule has 1 atom stereocenters. The van der Waals surface area contributed by atoms with E-state index in [0.29, 0.717) is 19.3 Å². The van der Waals surface area contributed by atoms with Crippen LogP contribution in [0.3, 0.4) is 0 Å². The van der Waals surface area contributed by atoms with Gasteiger partial charge in [0.1, 0.15) is 13.2 Å². The second kappa shape index (κ2) is 58.2. The molecule has 0 aromatic carbocycles. The standard InChI is InChI=1S/C64H110O6/c1-4-7-10-13-16-19-22-25-27-29-30-31-32-33-35-36-39-42-45-48-51-54-57-63(66)69-60-61(59-68-62(65)56-53-50-47-44-41-38-24-21-18-15-12-9-6-3)70-64(67)58-55-52-49-46-43-40-37-34-28-26-23-20-17-14-11-8-5-2/h8-9,11-12,17-18,20-21,26,28,38,41,47,50,61H,4-7,10,13-16,19,22-25,27,29-37,39-40,42-46,48-49,51-60H2,1-3H3/b11-8-,12-9-,20-17-,21-18-,28-26-,41-38-,50-47-. The summed E-state index contributed by atoms with van der Waals surface area (Å²) in [6.07, 6.45) is 76.0. The van der Waals surface area contributed by atoms with Gasteiger partial charge in [-0.2, -0.15) is 0 Å². The zero-order valence-corrected chi connectivity index (χ0v) is 46.0. The van der Waals surface area contributed by atoms with Crippen molar-refractivity contribution in [1.82, 2.24) is 0 Å². The lowest BCUT2D eigenvalue weighted by Crippen LogP contribution is -2.30. The first kappa shape index (κ1) is 66.6. The molecule has 0 aromatic rings. The fourth-order valence-electron chi connectivity index (χ4n) is 8.30. The molecule has 0 N–H and O–H groups in total. The molecule has 0 rings (SSSR count). The average Bonchev–Trinajstić information content (AvgIpc) is 3.36. The summed E-state index contributed by atoms with van der Waals surface area (Å²) < 4.78 is 16.8. The maximum atomic E-state index is 12.9. The largest absolute Gasteiger partial charge is 0.462 e. The minimum atomic E-state index is -0.810. The van der Waals surface area contributed by atoms with Gasteiger partial charge in [0.15, 0.2) is 6.10 Å². The second-order valence-electron chi connectivity index (χ2n) is 19.5. The van der Waals surface area contributed by atoms with Crippen molar-refractivity contribution in [3.63, 3.8) is 0 Å². The predicted octanol–water partition coefficient (Wildman–Crippen LogP) is 19.9. The highest BCUT2D eigenvalue weighted by atomic mass is 16.6. The fraction of sp³-hybridized carbons (Fsp3) is 0.734. The van der Waals surface area contributed by atoms with Crippen LogP contribution in [-0.4, -0.2) is 37.2 Å². The molecule has 0 fully saturated rings. The molecule has 70 heavy (non-hydrogen) atoms. The minimum Gasteiger partial charge on any atom is -0.462 e. The lowest BCUT2D eigenvalue weighted by molar-refractivity contribution is -0.166. The number of rotatable bonds is 53. The molecule has 6 heteroatoms. The Kier molecular flexibility index (Phi) is 55.3. The highest BCUT2D eigenvalue weighted by Crippen LogP contribution is 2.17. The second-order valence-corrected chi connectivity index (χ2v) is 19.5. The molecular formula is C64H110O6. The molecule has 6 nitrogen and oxygen atoms in total. The predicted molar refractivity (Wildman–Crippen MR) is 302 cm³/mol. The van der Waals surface area contributed by atoms with Crippen LogP contribution in [0.1, 0.15) is 284 Å². The van der Waals surface area contributed by atoms with E-state index < -0.39 is 6.10 Å². The highest BCUT2D eigenvalue weighted by molar-refractivity contribution is 5.71. The van der Waals surface area contributed by atoms with E-state index in [0.717, 1.165) is 89.9 Å². The summed E-state index contributed by atoms with van der Waals surface area (Å²) in [7, 11) is 0. The lowest BCUT2D eigenvalue weighted by Gasteiger charge is -2.18. The van der Waals surface area contributed by atoms with Gasteiger partial charge < -0.3 is 14.2 Å². The maximum absolute atomic E-state index is 12.9. The number of ether oxygens (including phenoxy) is 3. The SMILES string of the molecule is CC/C=C\C/C=C\C/C=C\C/C=C\CCC(=O)OCC(COC(=O)CCCCCCCCCCCCCCCCCCCCCCCC)OC(=O)CCCCCCCCC/C=C\C/C=C\C/C=C\CC. The van der Waals surface area contributed by atoms with Crippen molar-refractivity contribution in [2.24, 2.45) is 0 Å². The summed E-state index contributed by atoms with van der Waals surface area (Å²) in [5.41, 5.74) is 0. The Morgan fingerprint density at radius 2 is 0.586 bits per heavy atom. The first-order valence-corrected chi connectivity index (χ1v) is 29.6. The topological polar surface area (TPSA) is 78.9 Å². The lowest BCUT2D eigenvalue weighted by atomic mass is 10.0. The third-order valence-corrected chi connectivity index (χ3v) is 12.7. The van der Waals surface area contributed by atoms with E-state index in [9.17, 15) is 14.4 Å². The van der Waals surface area contributed by atoms with Gasteiger partial charge in [-0.25, -0.2) is 0 Å². The van der Waals surface area contributed by atoms with Crippen LogP contribution >= 0.6 is 0 Å². The first-order chi connectivity index (χ1) is 34.5. The zero-order chi connectivity index (χ0) is 50.7. The molecule has 0 heterocycles. The van der Waals surface area contributed by atoms with Crippen LogP contribution in [0.4, 0.5) is 0 Å². The van der Waals surface area contributed by atoms with Crippen LogP contribution in [0.5, 0.6) is 0 Å². The minimum absolute atomic E-state index is 0.101. The molecule has 0 aliphatic heterocycles. The Morgan fingerprint density at radius 3 is 0.957 bits per heavy atom. The van der Waals surface area contributed by atoms with E-state index in [1.807, 2.05) is 6.08 Å². The van der Waals surface area contributed by atoms with E-state index in [1.54, 1.807) is 0 Å². The molecule has 0 radical (unpaired) electrons. The van der Waals surface area contributed by atoms with Crippen LogP contribution in [-0.2, 0) is 28.6 Å². The van der Waals surface area contributed by atoms with Gasteiger partial charge in [0.25, 0.3) is 0 Å². The summed E-state index contributed by atoms with van der Waals surface area (Å²) in [4.78, 5) is 38.1. The van der Waals surface area contributed by atoms with Gasteiger partial charge in [-0.1, -0.05) is 273 Å². The van der Waals surface area contributed by atoms with Crippen molar-refractivity contribution >= 4 is 17.9 Å². The van der Waals surface area contributed by atoms with Crippen molar-refractivity contribution in [1.29, 1.82) is 0 Å². The van der Waals surface area contributed by atoms with Gasteiger partial charge in [-0.05, 0) is 77.0 Å². The number of hydrogen-bond acceptors (Lipinski definition) is 6. The molecule has 0 spiro atoms. The molecule has 0 bridgehead atoms. The van der Waals surface area contributed by atoms with E-state index in [4.69, 9.17) is 14.2 Å². The molecule has 1 unspecified atom stereocenters. The Labute approximate surface area is 433 Å². The number of unbranched alkanes of at least 4 members (excludes halogenated alkanes) is 28. The third-order valence-electron chi connectivity index (χ3n) is 12.7. The Morgan fingerprint density at radius 1 is 0.300 bits per heavy atom. The molecule has 0 saturated heterocycles. The van der Waals surface area contributed by atoms with Gasteiger partial charge in [0.05, 0.1) is 0 Å². The Hall–Kier alpha value is -3.41. The van der Waals surface area contributed by atoms with Crippen molar-refractivity contribution in [2.45, 2.75) is 290 Å². The van der Waals surface area contributed by atoms with Crippen LogP contribution in [0, 0.1) is 0 Å². The van der Waals surface area contributed by atoms with Gasteiger partial charge >= 0.3 is 17.9 Å². The van der Waals surface area contributed by atoms with E-state index in [1.165, 1.54) is 148 Å². The normalized spacial score (nSPS) is 12.7. The Balaban J connectivity index is 4.36. The number of carbonyl (C=O) groups excluding carboxylic acids is 3. The number of allylic oxidation sites excluding steroid dienone is 14. The number of carbonyl (C=O) groups is 3. The molecule has 0 aliphatic rings. The molecule has 0 saturated carbocycles. The zero-order valence-electron chi connectivity index (χ0n) is 46.0. The summed E-state index contributed by atoms with van der Waals surface area (Å²) in [6, 6.07) is 0. The van der Waals surface area contributed by atoms with Crippen LogP contribution in [0.25, 0.3) is 0 Å². The molecular weight excluding hydrogens is 865 g/mol. The Bertz CT molecular complexity index is 1350. The van der Waals surface area contributed by atoms with Crippen molar-refractivity contribution < 1.29 is 28.6 Å². The van der Waals surface area contributed by atoms with Crippen molar-refractivity contribution in [3.8, 4) is 0 Å². The van der Waals surface area contributed by atoms with Crippen molar-refractivity contribution in [2.75, 3.05) is 13.2 Å². The summed E-state index contributed by atoms with van der Waals surface area (Å²) in [5.74, 6) is -0.988. The van der Waals surface area contributed by atoms with Gasteiger partial charge in [-0.15, -0.1) is 0 Å². The smallest absolute Gasteiger partial charge is 0.306 e. The molecule has 0 aromatic heterocycles. The van der Waals surface area contributed by atoms with Crippen molar-refractivity contribution in [3.05, 3.63) is 85.1 Å². The number of hydrogen-bond donors (Lipinski definition) is 0. The quantitative estimate of drug-likeness (QED) is 0.0261. The summed E-state index contributed by atoms with van der Waals surface area (Å²) >= 11 is 0. The van der Waals surface area contributed by atoms with E-state index >= 15 is 0 Å². The van der Waals surface area contributed by atoms with Crippen LogP contribution < -0.4 is 0 Å². The maximum Gasteiger partial charge on any atom is 0.306 e. The monoisotopic (exact) mass is 975 g/mol. The third kappa shape index (κ3) is 55.5. The molecule has 0 aliphatic carbocycles. The summed E-state index contributed by atoms with van der Waals surface area (Å²) in [5, 5.41) is 0. The fourth-order valence-corrected chi connectivity index (χ4v) is 8.30. The van der Waals surface area contributed by atoms with Crippen LogP contribution in [0.15, 0.2) is 85.1 Å². The summed E-state index contributed by atoms with van der Waals surface area (Å²) in [6.45, 7) is 6.37. The number of esters is 3. The molecule has 0 amide bonds. The highest BCUT2D eigenvalue weighted by Gasteiger charge is 2.19. The van der Waals surface area contributed by atoms with Gasteiger partial charge in [0.2, 0.25) is 0 Å². The first-order valence-electron chi connectivity index (χ1n) is 29.6. The average molecular weight is 976 g/mol. The van der Waals surface area contributed by atoms with E-state index in [-0.39, 0.29) is 37.5 Å². The van der Waals surface area contributed by atoms with E-state index in [2.05, 4.69) is 99.8 Å².